The van der Waals surface area contributed by atoms with Gasteiger partial charge in [-0.25, -0.2) is 9.67 Å². The number of guanidine groups is 1. The van der Waals surface area contributed by atoms with E-state index in [4.69, 9.17) is 10.5 Å². The first-order valence-corrected chi connectivity index (χ1v) is 7.68. The van der Waals surface area contributed by atoms with Crippen molar-refractivity contribution >= 4 is 29.9 Å². The Kier molecular flexibility index (Phi) is 8.20. The maximum absolute atomic E-state index is 5.93. The quantitative estimate of drug-likeness (QED) is 0.409. The van der Waals surface area contributed by atoms with Gasteiger partial charge in [-0.15, -0.1) is 24.0 Å². The molecule has 0 saturated heterocycles. The molecule has 1 aromatic heterocycles. The molecule has 0 fully saturated rings. The lowest BCUT2D eigenvalue weighted by Crippen LogP contribution is -2.40. The number of methoxy groups -OCH3 is 1. The maximum Gasteiger partial charge on any atom is 0.189 e. The number of aliphatic imine (C=N–C) groups is 1. The van der Waals surface area contributed by atoms with Gasteiger partial charge in [0.1, 0.15) is 0 Å². The van der Waals surface area contributed by atoms with Crippen LogP contribution in [0, 0.1) is 13.8 Å². The van der Waals surface area contributed by atoms with E-state index in [1.54, 1.807) is 7.11 Å². The first-order valence-electron chi connectivity index (χ1n) is 7.68. The highest BCUT2D eigenvalue weighted by atomic mass is 127. The first kappa shape index (κ1) is 20.4. The van der Waals surface area contributed by atoms with Gasteiger partial charge in [0.15, 0.2) is 5.96 Å². The molecule has 0 radical (unpaired) electrons. The van der Waals surface area contributed by atoms with Crippen LogP contribution >= 0.6 is 24.0 Å². The number of halogens is 1. The van der Waals surface area contributed by atoms with E-state index in [-0.39, 0.29) is 30.0 Å². The summed E-state index contributed by atoms with van der Waals surface area (Å²) < 4.78 is 7.01. The van der Waals surface area contributed by atoms with Crippen LogP contribution in [0.1, 0.15) is 23.9 Å². The van der Waals surface area contributed by atoms with Gasteiger partial charge in [-0.05, 0) is 32.9 Å². The zero-order valence-corrected chi connectivity index (χ0v) is 16.9. The van der Waals surface area contributed by atoms with Crippen molar-refractivity contribution in [3.05, 3.63) is 47.3 Å². The van der Waals surface area contributed by atoms with E-state index in [0.717, 1.165) is 22.6 Å². The standard InChI is InChI=1S/C17H25N5O.HI/c1-12(11-23-4)20-17(18)19-10-16-13(2)21-22(14(16)3)15-8-6-5-7-9-15;/h5-9,12H,10-11H2,1-4H3,(H3,18,19,20);1H. The molecule has 0 spiro atoms. The lowest BCUT2D eigenvalue weighted by atomic mass is 10.2. The van der Waals surface area contributed by atoms with Gasteiger partial charge in [-0.3, -0.25) is 0 Å². The fourth-order valence-corrected chi connectivity index (χ4v) is 2.48. The number of nitrogens with zero attached hydrogens (tertiary/aromatic N) is 3. The SMILES string of the molecule is COCC(C)NC(N)=NCc1c(C)nn(-c2ccccc2)c1C.I. The molecule has 1 aromatic carbocycles. The van der Waals surface area contributed by atoms with Crippen LogP contribution in [0.4, 0.5) is 0 Å². The van der Waals surface area contributed by atoms with Crippen LogP contribution in [0.2, 0.25) is 0 Å². The molecule has 0 amide bonds. The molecule has 0 saturated carbocycles. The van der Waals surface area contributed by atoms with Crippen molar-refractivity contribution in [2.24, 2.45) is 10.7 Å². The van der Waals surface area contributed by atoms with Crippen molar-refractivity contribution < 1.29 is 4.74 Å². The zero-order valence-electron chi connectivity index (χ0n) is 14.6. The van der Waals surface area contributed by atoms with E-state index in [1.807, 2.05) is 48.9 Å². The molecule has 2 aromatic rings. The minimum atomic E-state index is 0. The second-order valence-electron chi connectivity index (χ2n) is 5.60. The molecule has 0 aliphatic rings. The first-order chi connectivity index (χ1) is 11.0. The van der Waals surface area contributed by atoms with Crippen LogP contribution in [-0.4, -0.2) is 35.5 Å². The summed E-state index contributed by atoms with van der Waals surface area (Å²) in [6, 6.07) is 10.2. The van der Waals surface area contributed by atoms with E-state index in [0.29, 0.717) is 19.1 Å². The van der Waals surface area contributed by atoms with Gasteiger partial charge >= 0.3 is 0 Å². The normalized spacial score (nSPS) is 12.6. The molecule has 0 aliphatic carbocycles. The zero-order chi connectivity index (χ0) is 16.8. The molecule has 3 N–H and O–H groups in total. The van der Waals surface area contributed by atoms with E-state index in [1.165, 1.54) is 0 Å². The molecule has 7 heteroatoms. The molecule has 0 aliphatic heterocycles. The number of ether oxygens (including phenoxy) is 1. The smallest absolute Gasteiger partial charge is 0.189 e. The third-order valence-electron chi connectivity index (χ3n) is 3.66. The van der Waals surface area contributed by atoms with Crippen molar-refractivity contribution in [1.82, 2.24) is 15.1 Å². The molecule has 0 bridgehead atoms. The van der Waals surface area contributed by atoms with Gasteiger partial charge < -0.3 is 15.8 Å². The van der Waals surface area contributed by atoms with Gasteiger partial charge in [0.05, 0.1) is 24.5 Å². The Labute approximate surface area is 160 Å². The van der Waals surface area contributed by atoms with E-state index in [2.05, 4.69) is 22.3 Å². The number of benzene rings is 1. The number of hydrogen-bond donors (Lipinski definition) is 2. The summed E-state index contributed by atoms with van der Waals surface area (Å²) in [5.41, 5.74) is 10.1. The maximum atomic E-state index is 5.93. The molecular weight excluding hydrogens is 417 g/mol. The minimum Gasteiger partial charge on any atom is -0.383 e. The molecule has 1 atom stereocenters. The summed E-state index contributed by atoms with van der Waals surface area (Å²) >= 11 is 0. The van der Waals surface area contributed by atoms with Crippen molar-refractivity contribution in [2.45, 2.75) is 33.4 Å². The average Bonchev–Trinajstić information content (AvgIpc) is 2.81. The molecule has 24 heavy (non-hydrogen) atoms. The molecule has 2 rings (SSSR count). The number of para-hydroxylation sites is 1. The highest BCUT2D eigenvalue weighted by Gasteiger charge is 2.12. The third kappa shape index (κ3) is 5.20. The van der Waals surface area contributed by atoms with E-state index < -0.39 is 0 Å². The summed E-state index contributed by atoms with van der Waals surface area (Å²) in [4.78, 5) is 4.42. The van der Waals surface area contributed by atoms with Crippen molar-refractivity contribution in [3.8, 4) is 5.69 Å². The van der Waals surface area contributed by atoms with Gasteiger partial charge in [-0.1, -0.05) is 18.2 Å². The van der Waals surface area contributed by atoms with Crippen molar-refractivity contribution in [3.63, 3.8) is 0 Å². The summed E-state index contributed by atoms with van der Waals surface area (Å²) in [5, 5.41) is 7.72. The van der Waals surface area contributed by atoms with Crippen molar-refractivity contribution in [2.75, 3.05) is 13.7 Å². The molecule has 132 valence electrons. The van der Waals surface area contributed by atoms with E-state index >= 15 is 0 Å². The van der Waals surface area contributed by atoms with Gasteiger partial charge in [0.2, 0.25) is 0 Å². The molecule has 1 heterocycles. The number of nitrogens with two attached hydrogens (primary N) is 1. The Balaban J connectivity index is 0.00000288. The Bertz CT molecular complexity index is 669. The Hall–Kier alpha value is -1.61. The fraction of sp³-hybridized carbons (Fsp3) is 0.412. The predicted molar refractivity (Wildman–Crippen MR) is 108 cm³/mol. The van der Waals surface area contributed by atoms with Crippen LogP contribution in [0.5, 0.6) is 0 Å². The third-order valence-corrected chi connectivity index (χ3v) is 3.66. The molecule has 1 unspecified atom stereocenters. The van der Waals surface area contributed by atoms with Crippen LogP contribution in [0.3, 0.4) is 0 Å². The highest BCUT2D eigenvalue weighted by molar-refractivity contribution is 14.0. The predicted octanol–water partition coefficient (Wildman–Crippen LogP) is 2.55. The van der Waals surface area contributed by atoms with Crippen LogP contribution < -0.4 is 11.1 Å². The Morgan fingerprint density at radius 2 is 2.00 bits per heavy atom. The second-order valence-corrected chi connectivity index (χ2v) is 5.60. The van der Waals surface area contributed by atoms with Crippen LogP contribution in [-0.2, 0) is 11.3 Å². The minimum absolute atomic E-state index is 0. The topological polar surface area (TPSA) is 77.5 Å². The summed E-state index contributed by atoms with van der Waals surface area (Å²) in [7, 11) is 1.66. The Morgan fingerprint density at radius 1 is 1.33 bits per heavy atom. The largest absolute Gasteiger partial charge is 0.383 e. The monoisotopic (exact) mass is 443 g/mol. The van der Waals surface area contributed by atoms with Crippen LogP contribution in [0.15, 0.2) is 35.3 Å². The number of rotatable bonds is 6. The summed E-state index contributed by atoms with van der Waals surface area (Å²) in [5.74, 6) is 0.417. The number of hydrogen-bond acceptors (Lipinski definition) is 3. The number of aryl methyl sites for hydroxylation is 1. The average molecular weight is 443 g/mol. The van der Waals surface area contributed by atoms with Gasteiger partial charge in [-0.2, -0.15) is 5.10 Å². The summed E-state index contributed by atoms with van der Waals surface area (Å²) in [6.07, 6.45) is 0. The van der Waals surface area contributed by atoms with Gasteiger partial charge in [0.25, 0.3) is 0 Å². The number of nitrogens with one attached hydrogen (secondary N) is 1. The van der Waals surface area contributed by atoms with Crippen molar-refractivity contribution in [1.29, 1.82) is 0 Å². The van der Waals surface area contributed by atoms with Crippen LogP contribution in [0.25, 0.3) is 5.69 Å². The second kappa shape index (κ2) is 9.63. The lowest BCUT2D eigenvalue weighted by molar-refractivity contribution is 0.179. The Morgan fingerprint density at radius 3 is 2.62 bits per heavy atom. The molecular formula is C17H26IN5O. The fourth-order valence-electron chi connectivity index (χ4n) is 2.48. The highest BCUT2D eigenvalue weighted by Crippen LogP contribution is 2.18. The van der Waals surface area contributed by atoms with Gasteiger partial charge in [0, 0.05) is 24.4 Å². The summed E-state index contributed by atoms with van der Waals surface area (Å²) in [6.45, 7) is 7.13. The molecule has 6 nitrogen and oxygen atoms in total. The lowest BCUT2D eigenvalue weighted by Gasteiger charge is -2.13. The number of aromatic nitrogens is 2. The van der Waals surface area contributed by atoms with E-state index in [9.17, 15) is 0 Å².